The molecule has 0 fully saturated rings. The predicted molar refractivity (Wildman–Crippen MR) is 34.7 cm³/mol. The number of carbonyl (C=O) groups is 2. The molecule has 0 unspecified atom stereocenters. The van der Waals surface area contributed by atoms with Crippen molar-refractivity contribution in [1.82, 2.24) is 5.32 Å². The molecule has 0 saturated heterocycles. The maximum atomic E-state index is 10.8. The van der Waals surface area contributed by atoms with Gasteiger partial charge in [0.1, 0.15) is 5.76 Å². The van der Waals surface area contributed by atoms with Gasteiger partial charge in [0, 0.05) is 0 Å². The number of carbonyl (C=O) groups excluding carboxylic acids is 2. The average molecular weight is 157 g/mol. The Morgan fingerprint density at radius 2 is 2.36 bits per heavy atom. The maximum absolute atomic E-state index is 10.8. The normalized spacial score (nSPS) is 16.6. The van der Waals surface area contributed by atoms with E-state index in [1.54, 1.807) is 0 Å². The largest absolute Gasteiger partial charge is 0.509 e. The molecule has 0 aromatic heterocycles. The highest BCUT2D eigenvalue weighted by atomic mass is 16.5. The summed E-state index contributed by atoms with van der Waals surface area (Å²) in [5.74, 6) is -1.66. The Hall–Kier alpha value is -1.52. The summed E-state index contributed by atoms with van der Waals surface area (Å²) < 4.78 is 4.26. The van der Waals surface area contributed by atoms with Gasteiger partial charge in [-0.25, -0.2) is 4.79 Å². The van der Waals surface area contributed by atoms with Crippen molar-refractivity contribution in [2.45, 2.75) is 0 Å². The fraction of sp³-hybridized carbons (Fsp3) is 0.333. The Bertz CT molecular complexity index is 243. The first-order valence-electron chi connectivity index (χ1n) is 2.95. The van der Waals surface area contributed by atoms with Gasteiger partial charge in [0.15, 0.2) is 5.57 Å². The van der Waals surface area contributed by atoms with E-state index in [1.807, 2.05) is 0 Å². The van der Waals surface area contributed by atoms with Gasteiger partial charge in [-0.3, -0.25) is 4.79 Å². The first kappa shape index (κ1) is 7.59. The minimum Gasteiger partial charge on any atom is -0.509 e. The third kappa shape index (κ3) is 1.17. The molecule has 0 radical (unpaired) electrons. The van der Waals surface area contributed by atoms with Crippen molar-refractivity contribution in [1.29, 1.82) is 0 Å². The van der Waals surface area contributed by atoms with Crippen LogP contribution in [0.4, 0.5) is 0 Å². The standard InChI is InChI=1S/C6H7NO4/c1-11-6(10)4-3(8)2-7-5(4)9/h8H,2H2,1H3,(H,7,9). The van der Waals surface area contributed by atoms with Gasteiger partial charge < -0.3 is 15.2 Å². The van der Waals surface area contributed by atoms with E-state index in [0.717, 1.165) is 7.11 Å². The molecule has 5 heteroatoms. The number of hydrogen-bond donors (Lipinski definition) is 2. The number of rotatable bonds is 1. The van der Waals surface area contributed by atoms with Crippen LogP contribution in [-0.4, -0.2) is 30.6 Å². The zero-order valence-electron chi connectivity index (χ0n) is 5.88. The molecule has 1 aliphatic heterocycles. The number of esters is 1. The fourth-order valence-electron chi connectivity index (χ4n) is 0.784. The Kier molecular flexibility index (Phi) is 1.80. The Balaban J connectivity index is 2.92. The van der Waals surface area contributed by atoms with E-state index in [2.05, 4.69) is 10.1 Å². The molecule has 2 N–H and O–H groups in total. The van der Waals surface area contributed by atoms with Crippen LogP contribution in [0.15, 0.2) is 11.3 Å². The Morgan fingerprint density at radius 1 is 1.73 bits per heavy atom. The van der Waals surface area contributed by atoms with Crippen LogP contribution in [0.1, 0.15) is 0 Å². The average Bonchev–Trinajstić information content (AvgIpc) is 2.30. The lowest BCUT2D eigenvalue weighted by Gasteiger charge is -1.95. The van der Waals surface area contributed by atoms with E-state index in [-0.39, 0.29) is 17.9 Å². The maximum Gasteiger partial charge on any atom is 0.347 e. The van der Waals surface area contributed by atoms with Crippen molar-refractivity contribution in [2.24, 2.45) is 0 Å². The fourth-order valence-corrected chi connectivity index (χ4v) is 0.784. The molecule has 0 spiro atoms. The summed E-state index contributed by atoms with van der Waals surface area (Å²) in [4.78, 5) is 21.5. The molecule has 5 nitrogen and oxygen atoms in total. The van der Waals surface area contributed by atoms with Gasteiger partial charge in [0.2, 0.25) is 0 Å². The molecular weight excluding hydrogens is 150 g/mol. The molecule has 1 amide bonds. The summed E-state index contributed by atoms with van der Waals surface area (Å²) in [6, 6.07) is 0. The van der Waals surface area contributed by atoms with Gasteiger partial charge in [0.25, 0.3) is 5.91 Å². The van der Waals surface area contributed by atoms with E-state index < -0.39 is 11.9 Å². The van der Waals surface area contributed by atoms with E-state index in [9.17, 15) is 9.59 Å². The third-order valence-corrected chi connectivity index (χ3v) is 1.32. The third-order valence-electron chi connectivity index (χ3n) is 1.32. The predicted octanol–water partition coefficient (Wildman–Crippen LogP) is -0.899. The molecule has 0 bridgehead atoms. The molecule has 0 saturated carbocycles. The topological polar surface area (TPSA) is 75.6 Å². The van der Waals surface area contributed by atoms with Crippen LogP contribution >= 0.6 is 0 Å². The second kappa shape index (κ2) is 2.61. The van der Waals surface area contributed by atoms with Crippen LogP contribution in [-0.2, 0) is 14.3 Å². The summed E-state index contributed by atoms with van der Waals surface area (Å²) in [7, 11) is 1.15. The Morgan fingerprint density at radius 3 is 2.73 bits per heavy atom. The van der Waals surface area contributed by atoms with Crippen molar-refractivity contribution < 1.29 is 19.4 Å². The van der Waals surface area contributed by atoms with Gasteiger partial charge in [-0.1, -0.05) is 0 Å². The molecule has 0 aromatic carbocycles. The number of aliphatic hydroxyl groups is 1. The number of hydrogen-bond acceptors (Lipinski definition) is 4. The molecular formula is C6H7NO4. The van der Waals surface area contributed by atoms with E-state index >= 15 is 0 Å². The molecule has 0 aromatic rings. The summed E-state index contributed by atoms with van der Waals surface area (Å²) in [5.41, 5.74) is -0.299. The number of aliphatic hydroxyl groups excluding tert-OH is 1. The van der Waals surface area contributed by atoms with Crippen molar-refractivity contribution in [3.8, 4) is 0 Å². The SMILES string of the molecule is COC(=O)C1=C(O)CNC1=O. The van der Waals surface area contributed by atoms with Gasteiger partial charge in [-0.15, -0.1) is 0 Å². The molecule has 0 atom stereocenters. The van der Waals surface area contributed by atoms with Gasteiger partial charge in [0.05, 0.1) is 13.7 Å². The van der Waals surface area contributed by atoms with Crippen molar-refractivity contribution in [3.05, 3.63) is 11.3 Å². The van der Waals surface area contributed by atoms with Crippen LogP contribution in [0, 0.1) is 0 Å². The molecule has 0 aliphatic carbocycles. The lowest BCUT2D eigenvalue weighted by Crippen LogP contribution is -2.21. The van der Waals surface area contributed by atoms with Gasteiger partial charge in [-0.05, 0) is 0 Å². The molecule has 1 rings (SSSR count). The molecule has 60 valence electrons. The van der Waals surface area contributed by atoms with E-state index in [0.29, 0.717) is 0 Å². The van der Waals surface area contributed by atoms with Crippen molar-refractivity contribution in [2.75, 3.05) is 13.7 Å². The second-order valence-electron chi connectivity index (χ2n) is 2.00. The quantitative estimate of drug-likeness (QED) is 0.382. The van der Waals surface area contributed by atoms with Gasteiger partial charge in [-0.2, -0.15) is 0 Å². The monoisotopic (exact) mass is 157 g/mol. The minimum absolute atomic E-state index is 0.00324. The lowest BCUT2D eigenvalue weighted by atomic mass is 10.2. The highest BCUT2D eigenvalue weighted by molar-refractivity contribution is 6.18. The van der Waals surface area contributed by atoms with E-state index in [4.69, 9.17) is 5.11 Å². The summed E-state index contributed by atoms with van der Waals surface area (Å²) in [5, 5.41) is 11.2. The van der Waals surface area contributed by atoms with Crippen LogP contribution in [0.2, 0.25) is 0 Å². The Labute approximate surface area is 62.6 Å². The number of amides is 1. The summed E-state index contributed by atoms with van der Waals surface area (Å²) in [6.07, 6.45) is 0. The summed E-state index contributed by atoms with van der Waals surface area (Å²) >= 11 is 0. The van der Waals surface area contributed by atoms with E-state index in [1.165, 1.54) is 0 Å². The highest BCUT2D eigenvalue weighted by Gasteiger charge is 2.29. The highest BCUT2D eigenvalue weighted by Crippen LogP contribution is 2.08. The van der Waals surface area contributed by atoms with Crippen LogP contribution in [0.3, 0.4) is 0 Å². The summed E-state index contributed by atoms with van der Waals surface area (Å²) in [6.45, 7) is 0.00324. The van der Waals surface area contributed by atoms with Crippen LogP contribution in [0.25, 0.3) is 0 Å². The van der Waals surface area contributed by atoms with Crippen molar-refractivity contribution >= 4 is 11.9 Å². The first-order chi connectivity index (χ1) is 5.16. The smallest absolute Gasteiger partial charge is 0.347 e. The zero-order chi connectivity index (χ0) is 8.43. The number of ether oxygens (including phenoxy) is 1. The first-order valence-corrected chi connectivity index (χ1v) is 2.95. The minimum atomic E-state index is -0.808. The lowest BCUT2D eigenvalue weighted by molar-refractivity contribution is -0.137. The van der Waals surface area contributed by atoms with Gasteiger partial charge >= 0.3 is 5.97 Å². The zero-order valence-corrected chi connectivity index (χ0v) is 5.88. The van der Waals surface area contributed by atoms with Crippen molar-refractivity contribution in [3.63, 3.8) is 0 Å². The second-order valence-corrected chi connectivity index (χ2v) is 2.00. The molecule has 1 heterocycles. The molecule has 11 heavy (non-hydrogen) atoms. The number of methoxy groups -OCH3 is 1. The van der Waals surface area contributed by atoms with Crippen LogP contribution in [0.5, 0.6) is 0 Å². The van der Waals surface area contributed by atoms with Crippen LogP contribution < -0.4 is 5.32 Å². The molecule has 1 aliphatic rings. The number of nitrogens with one attached hydrogen (secondary N) is 1.